The lowest BCUT2D eigenvalue weighted by Gasteiger charge is -2.18. The molecule has 6 heteroatoms. The summed E-state index contributed by atoms with van der Waals surface area (Å²) in [5, 5.41) is 13.1. The minimum absolute atomic E-state index is 0.232. The monoisotopic (exact) mass is 313 g/mol. The number of ether oxygens (including phenoxy) is 2. The summed E-state index contributed by atoms with van der Waals surface area (Å²) in [7, 11) is 0. The van der Waals surface area contributed by atoms with Gasteiger partial charge in [-0.2, -0.15) is 0 Å². The number of halogens is 1. The maximum Gasteiger partial charge on any atom is 0.162 e. The zero-order chi connectivity index (χ0) is 15.8. The summed E-state index contributed by atoms with van der Waals surface area (Å²) in [5.74, 6) is 1.36. The highest BCUT2D eigenvalue weighted by atomic mass is 19.1. The Labute approximate surface area is 130 Å². The van der Waals surface area contributed by atoms with Crippen LogP contribution >= 0.6 is 0 Å². The van der Waals surface area contributed by atoms with Crippen LogP contribution in [0.2, 0.25) is 0 Å². The summed E-state index contributed by atoms with van der Waals surface area (Å²) in [6, 6.07) is 11.0. The molecule has 2 aromatic carbocycles. The first-order valence-electron chi connectivity index (χ1n) is 7.06. The number of hydrogen-bond donors (Lipinski definition) is 1. The normalized spacial score (nSPS) is 14.2. The van der Waals surface area contributed by atoms with Crippen molar-refractivity contribution in [1.82, 2.24) is 0 Å². The van der Waals surface area contributed by atoms with Gasteiger partial charge in [0.05, 0.1) is 0 Å². The Hall–Kier alpha value is -3.02. The first kappa shape index (κ1) is 13.6. The molecule has 23 heavy (non-hydrogen) atoms. The topological polar surface area (TPSA) is 64.2 Å². The summed E-state index contributed by atoms with van der Waals surface area (Å²) in [6.07, 6.45) is 0. The molecule has 0 aliphatic carbocycles. The lowest BCUT2D eigenvalue weighted by atomic mass is 10.1. The molecule has 0 saturated carbocycles. The van der Waals surface area contributed by atoms with Crippen LogP contribution in [0.4, 0.5) is 4.39 Å². The van der Waals surface area contributed by atoms with Gasteiger partial charge >= 0.3 is 0 Å². The zero-order valence-electron chi connectivity index (χ0n) is 12.0. The molecular formula is C17H12FNO4. The van der Waals surface area contributed by atoms with Crippen molar-refractivity contribution >= 4 is 11.0 Å². The van der Waals surface area contributed by atoms with Gasteiger partial charge in [-0.05, 0) is 36.4 Å². The van der Waals surface area contributed by atoms with Crippen LogP contribution in [0.25, 0.3) is 22.3 Å². The van der Waals surface area contributed by atoms with Gasteiger partial charge in [0.25, 0.3) is 0 Å². The van der Waals surface area contributed by atoms with Crippen molar-refractivity contribution < 1.29 is 23.5 Å². The first-order chi connectivity index (χ1) is 11.2. The molecule has 1 aliphatic rings. The molecule has 1 aromatic heterocycles. The fraction of sp³-hybridized carbons (Fsp3) is 0.118. The molecule has 1 N–H and O–H groups in total. The van der Waals surface area contributed by atoms with Gasteiger partial charge in [0.2, 0.25) is 0 Å². The highest BCUT2D eigenvalue weighted by Crippen LogP contribution is 2.34. The van der Waals surface area contributed by atoms with E-state index in [4.69, 9.17) is 13.9 Å². The highest BCUT2D eigenvalue weighted by Gasteiger charge is 2.14. The molecule has 5 nitrogen and oxygen atoms in total. The van der Waals surface area contributed by atoms with Crippen LogP contribution in [0, 0.1) is 5.82 Å². The minimum atomic E-state index is -0.426. The van der Waals surface area contributed by atoms with Crippen molar-refractivity contribution in [2.75, 3.05) is 13.2 Å². The second-order valence-corrected chi connectivity index (χ2v) is 5.09. The third-order valence-electron chi connectivity index (χ3n) is 3.64. The number of hydrogen-bond acceptors (Lipinski definition) is 5. The lowest BCUT2D eigenvalue weighted by Crippen LogP contribution is -2.15. The van der Waals surface area contributed by atoms with E-state index in [0.717, 1.165) is 5.56 Å². The Bertz CT molecular complexity index is 964. The lowest BCUT2D eigenvalue weighted by molar-refractivity contribution is 0.171. The van der Waals surface area contributed by atoms with Gasteiger partial charge in [-0.1, -0.05) is 5.16 Å². The van der Waals surface area contributed by atoms with E-state index in [-0.39, 0.29) is 5.36 Å². The van der Waals surface area contributed by atoms with Crippen LogP contribution in [-0.2, 0) is 0 Å². The molecule has 4 rings (SSSR count). The average molecular weight is 313 g/mol. The molecule has 0 fully saturated rings. The third-order valence-corrected chi connectivity index (χ3v) is 3.64. The van der Waals surface area contributed by atoms with E-state index in [0.29, 0.717) is 41.4 Å². The molecule has 0 radical (unpaired) electrons. The molecule has 0 saturated heterocycles. The second-order valence-electron chi connectivity index (χ2n) is 5.09. The Balaban J connectivity index is 1.91. The van der Waals surface area contributed by atoms with Gasteiger partial charge in [-0.25, -0.2) is 4.39 Å². The molecule has 0 bridgehead atoms. The van der Waals surface area contributed by atoms with Gasteiger partial charge in [-0.3, -0.25) is 0 Å². The smallest absolute Gasteiger partial charge is 0.162 e. The Morgan fingerprint density at radius 2 is 1.78 bits per heavy atom. The third kappa shape index (κ3) is 2.38. The van der Waals surface area contributed by atoms with E-state index in [1.165, 1.54) is 18.2 Å². The van der Waals surface area contributed by atoms with Crippen molar-refractivity contribution in [3.05, 3.63) is 53.6 Å². The van der Waals surface area contributed by atoms with Crippen LogP contribution in [-0.4, -0.2) is 18.4 Å². The molecule has 0 spiro atoms. The van der Waals surface area contributed by atoms with E-state index >= 15 is 0 Å². The Kier molecular flexibility index (Phi) is 3.15. The van der Waals surface area contributed by atoms with Gasteiger partial charge in [-0.15, -0.1) is 0 Å². The molecule has 0 unspecified atom stereocenters. The summed E-state index contributed by atoms with van der Waals surface area (Å²) in [6.45, 7) is 1.01. The summed E-state index contributed by atoms with van der Waals surface area (Å²) < 4.78 is 30.2. The van der Waals surface area contributed by atoms with E-state index < -0.39 is 5.82 Å². The number of benzene rings is 2. The summed E-state index contributed by atoms with van der Waals surface area (Å²) in [4.78, 5) is 0. The van der Waals surface area contributed by atoms with E-state index in [2.05, 4.69) is 5.16 Å². The number of nitrogens with zero attached hydrogens (tertiary/aromatic N) is 1. The Morgan fingerprint density at radius 1 is 0.957 bits per heavy atom. The van der Waals surface area contributed by atoms with E-state index in [9.17, 15) is 9.60 Å². The van der Waals surface area contributed by atoms with Crippen molar-refractivity contribution in [1.29, 1.82) is 0 Å². The Morgan fingerprint density at radius 3 is 2.61 bits per heavy atom. The summed E-state index contributed by atoms with van der Waals surface area (Å²) >= 11 is 0. The minimum Gasteiger partial charge on any atom is -0.486 e. The van der Waals surface area contributed by atoms with Crippen molar-refractivity contribution in [2.24, 2.45) is 5.16 Å². The average Bonchev–Trinajstić information content (AvgIpc) is 2.60. The predicted molar refractivity (Wildman–Crippen MR) is 79.9 cm³/mol. The molecule has 0 atom stereocenters. The number of fused-ring (bicyclic) bond motifs is 2. The maximum absolute atomic E-state index is 13.4. The number of rotatable bonds is 1. The molecule has 116 valence electrons. The van der Waals surface area contributed by atoms with Crippen LogP contribution in [0.15, 0.2) is 52.0 Å². The van der Waals surface area contributed by atoms with E-state index in [1.54, 1.807) is 18.2 Å². The fourth-order valence-electron chi connectivity index (χ4n) is 2.56. The van der Waals surface area contributed by atoms with Gasteiger partial charge in [0, 0.05) is 17.0 Å². The maximum atomic E-state index is 13.4. The van der Waals surface area contributed by atoms with Crippen LogP contribution in [0.5, 0.6) is 11.5 Å². The second kappa shape index (κ2) is 5.31. The van der Waals surface area contributed by atoms with Crippen molar-refractivity contribution in [3.8, 4) is 22.8 Å². The quantitative estimate of drug-likeness (QED) is 0.553. The molecule has 1 aliphatic heterocycles. The molecular weight excluding hydrogens is 301 g/mol. The van der Waals surface area contributed by atoms with Crippen LogP contribution < -0.4 is 14.8 Å². The van der Waals surface area contributed by atoms with Gasteiger partial charge < -0.3 is 19.1 Å². The zero-order valence-corrected chi connectivity index (χ0v) is 12.0. The van der Waals surface area contributed by atoms with Crippen molar-refractivity contribution in [2.45, 2.75) is 0 Å². The SMILES string of the molecule is ON=c1cc(-c2ccc3c(c2)OCCO3)oc2ccc(F)cc12. The highest BCUT2D eigenvalue weighted by molar-refractivity contribution is 5.78. The largest absolute Gasteiger partial charge is 0.486 e. The van der Waals surface area contributed by atoms with E-state index in [1.807, 2.05) is 6.07 Å². The predicted octanol–water partition coefficient (Wildman–Crippen LogP) is 3.30. The standard InChI is InChI=1S/C17H12FNO4/c18-11-2-4-14-12(8-11)13(19-20)9-16(23-14)10-1-3-15-17(7-10)22-6-5-21-15/h1-4,7-9,20H,5-6H2. The molecule has 2 heterocycles. The van der Waals surface area contributed by atoms with Crippen LogP contribution in [0.1, 0.15) is 0 Å². The summed E-state index contributed by atoms with van der Waals surface area (Å²) in [5.41, 5.74) is 1.16. The first-order valence-corrected chi connectivity index (χ1v) is 7.06. The fourth-order valence-corrected chi connectivity index (χ4v) is 2.56. The molecule has 3 aromatic rings. The van der Waals surface area contributed by atoms with Gasteiger partial charge in [0.15, 0.2) is 11.5 Å². The van der Waals surface area contributed by atoms with Crippen LogP contribution in [0.3, 0.4) is 0 Å². The van der Waals surface area contributed by atoms with Crippen molar-refractivity contribution in [3.63, 3.8) is 0 Å². The van der Waals surface area contributed by atoms with Gasteiger partial charge in [0.1, 0.15) is 35.7 Å². The molecule has 0 amide bonds.